The maximum atomic E-state index is 12.9. The Kier molecular flexibility index (Phi) is 3.97. The van der Waals surface area contributed by atoms with Gasteiger partial charge in [0.25, 0.3) is 5.78 Å². The van der Waals surface area contributed by atoms with Crippen LogP contribution in [-0.4, -0.2) is 38.1 Å². The first-order chi connectivity index (χ1) is 13.8. The van der Waals surface area contributed by atoms with Crippen molar-refractivity contribution in [2.45, 2.75) is 12.5 Å². The van der Waals surface area contributed by atoms with Crippen LogP contribution in [0.3, 0.4) is 0 Å². The van der Waals surface area contributed by atoms with Crippen molar-refractivity contribution in [2.24, 2.45) is 0 Å². The summed E-state index contributed by atoms with van der Waals surface area (Å²) in [7, 11) is 0. The van der Waals surface area contributed by atoms with Crippen LogP contribution in [0.4, 0.5) is 11.5 Å². The molecule has 138 valence electrons. The first-order valence-electron chi connectivity index (χ1n) is 9.19. The van der Waals surface area contributed by atoms with E-state index in [9.17, 15) is 4.79 Å². The lowest BCUT2D eigenvalue weighted by Crippen LogP contribution is -2.34. The fourth-order valence-electron chi connectivity index (χ4n) is 3.53. The number of para-hydroxylation sites is 1. The van der Waals surface area contributed by atoms with Gasteiger partial charge in [0.2, 0.25) is 5.91 Å². The summed E-state index contributed by atoms with van der Waals surface area (Å²) < 4.78 is 1.63. The smallest absolute Gasteiger partial charge is 0.254 e. The molecule has 1 unspecified atom stereocenters. The van der Waals surface area contributed by atoms with Crippen LogP contribution in [0.1, 0.15) is 6.42 Å². The number of nitrogens with zero attached hydrogens (tertiary/aromatic N) is 5. The van der Waals surface area contributed by atoms with Gasteiger partial charge >= 0.3 is 0 Å². The third-order valence-corrected chi connectivity index (χ3v) is 4.92. The molecule has 1 atom stereocenters. The number of carbonyl (C=O) groups is 1. The molecule has 1 N–H and O–H groups in total. The Morgan fingerprint density at radius 3 is 2.54 bits per heavy atom. The zero-order valence-electron chi connectivity index (χ0n) is 15.1. The molecule has 28 heavy (non-hydrogen) atoms. The van der Waals surface area contributed by atoms with Crippen LogP contribution >= 0.6 is 0 Å². The van der Waals surface area contributed by atoms with Crippen LogP contribution in [-0.2, 0) is 4.79 Å². The Bertz CT molecular complexity index is 1130. The van der Waals surface area contributed by atoms with E-state index in [1.54, 1.807) is 4.52 Å². The van der Waals surface area contributed by atoms with Gasteiger partial charge in [0.15, 0.2) is 0 Å². The van der Waals surface area contributed by atoms with E-state index in [1.807, 2.05) is 71.6 Å². The minimum Gasteiger partial charge on any atom is -0.358 e. The highest BCUT2D eigenvalue weighted by molar-refractivity contribution is 6.01. The molecule has 1 amide bonds. The number of hydrogen-bond donors (Lipinski definition) is 1. The topological polar surface area (TPSA) is 75.4 Å². The average molecular weight is 370 g/mol. The average Bonchev–Trinajstić information content (AvgIpc) is 3.36. The van der Waals surface area contributed by atoms with Gasteiger partial charge in [-0.05, 0) is 18.6 Å². The molecule has 1 aliphatic rings. The molecule has 7 heteroatoms. The van der Waals surface area contributed by atoms with Gasteiger partial charge in [0, 0.05) is 23.9 Å². The lowest BCUT2D eigenvalue weighted by atomic mass is 10.1. The van der Waals surface area contributed by atoms with Gasteiger partial charge in [0.1, 0.15) is 18.2 Å². The number of carbonyl (C=O) groups excluding carboxylic acids is 1. The minimum atomic E-state index is -0.321. The standard InChI is InChI=1S/C21H18N6O/c28-20-17(11-12-26(20)16-9-5-2-6-10-16)24-19-13-18(15-7-3-1-4-8-15)25-21-22-14-23-27(19)21/h1-10,13-14,17,24H,11-12H2. The van der Waals surface area contributed by atoms with Crippen molar-refractivity contribution in [3.8, 4) is 11.3 Å². The summed E-state index contributed by atoms with van der Waals surface area (Å²) in [6.07, 6.45) is 2.18. The Balaban J connectivity index is 1.47. The number of fused-ring (bicyclic) bond motifs is 1. The number of amides is 1. The maximum Gasteiger partial charge on any atom is 0.254 e. The minimum absolute atomic E-state index is 0.0533. The monoisotopic (exact) mass is 370 g/mol. The summed E-state index contributed by atoms with van der Waals surface area (Å²) in [4.78, 5) is 23.6. The molecule has 0 radical (unpaired) electrons. The van der Waals surface area contributed by atoms with Crippen LogP contribution in [0.15, 0.2) is 73.1 Å². The molecule has 1 saturated heterocycles. The van der Waals surface area contributed by atoms with Crippen molar-refractivity contribution in [1.82, 2.24) is 19.6 Å². The van der Waals surface area contributed by atoms with E-state index in [4.69, 9.17) is 0 Å². The van der Waals surface area contributed by atoms with Gasteiger partial charge in [-0.2, -0.15) is 14.6 Å². The molecule has 1 aliphatic heterocycles. The third kappa shape index (κ3) is 2.87. The predicted octanol–water partition coefficient (Wildman–Crippen LogP) is 3.01. The molecule has 0 bridgehead atoms. The van der Waals surface area contributed by atoms with Gasteiger partial charge in [-0.25, -0.2) is 4.98 Å². The van der Waals surface area contributed by atoms with Crippen LogP contribution in [0, 0.1) is 0 Å². The number of nitrogens with one attached hydrogen (secondary N) is 1. The van der Waals surface area contributed by atoms with Crippen LogP contribution in [0.25, 0.3) is 17.0 Å². The molecule has 2 aromatic heterocycles. The van der Waals surface area contributed by atoms with Crippen molar-refractivity contribution in [1.29, 1.82) is 0 Å². The van der Waals surface area contributed by atoms with E-state index in [0.717, 1.165) is 16.9 Å². The maximum absolute atomic E-state index is 12.9. The summed E-state index contributed by atoms with van der Waals surface area (Å²) in [5.74, 6) is 1.25. The Morgan fingerprint density at radius 2 is 1.75 bits per heavy atom. The van der Waals surface area contributed by atoms with Crippen molar-refractivity contribution in [3.63, 3.8) is 0 Å². The molecule has 0 aliphatic carbocycles. The van der Waals surface area contributed by atoms with Gasteiger partial charge in [-0.15, -0.1) is 0 Å². The summed E-state index contributed by atoms with van der Waals surface area (Å²) in [6, 6.07) is 21.2. The van der Waals surface area contributed by atoms with Crippen molar-refractivity contribution in [3.05, 3.63) is 73.1 Å². The summed E-state index contributed by atoms with van der Waals surface area (Å²) in [5.41, 5.74) is 2.69. The van der Waals surface area contributed by atoms with Gasteiger partial charge in [-0.1, -0.05) is 48.5 Å². The van der Waals surface area contributed by atoms with E-state index >= 15 is 0 Å². The number of hydrogen-bond acceptors (Lipinski definition) is 5. The summed E-state index contributed by atoms with van der Waals surface area (Å²) in [5, 5.41) is 7.61. The van der Waals surface area contributed by atoms with E-state index in [-0.39, 0.29) is 11.9 Å². The van der Waals surface area contributed by atoms with Gasteiger partial charge in [-0.3, -0.25) is 4.79 Å². The largest absolute Gasteiger partial charge is 0.358 e. The Morgan fingerprint density at radius 1 is 1.00 bits per heavy atom. The fourth-order valence-corrected chi connectivity index (χ4v) is 3.53. The first-order valence-corrected chi connectivity index (χ1v) is 9.19. The van der Waals surface area contributed by atoms with Crippen molar-refractivity contribution in [2.75, 3.05) is 16.8 Å². The fraction of sp³-hybridized carbons (Fsp3) is 0.143. The Hall–Kier alpha value is -3.74. The SMILES string of the molecule is O=C1C(Nc2cc(-c3ccccc3)nc3ncnn23)CCN1c1ccccc1. The summed E-state index contributed by atoms with van der Waals surface area (Å²) >= 11 is 0. The molecule has 4 aromatic rings. The molecule has 2 aromatic carbocycles. The van der Waals surface area contributed by atoms with E-state index in [2.05, 4.69) is 20.4 Å². The lowest BCUT2D eigenvalue weighted by Gasteiger charge is -2.18. The Labute approximate surface area is 161 Å². The highest BCUT2D eigenvalue weighted by Crippen LogP contribution is 2.26. The van der Waals surface area contributed by atoms with E-state index in [1.165, 1.54) is 6.33 Å². The number of aromatic nitrogens is 4. The second-order valence-corrected chi connectivity index (χ2v) is 6.68. The second-order valence-electron chi connectivity index (χ2n) is 6.68. The van der Waals surface area contributed by atoms with Crippen LogP contribution in [0.2, 0.25) is 0 Å². The zero-order chi connectivity index (χ0) is 18.9. The molecule has 3 heterocycles. The highest BCUT2D eigenvalue weighted by atomic mass is 16.2. The lowest BCUT2D eigenvalue weighted by molar-refractivity contribution is -0.117. The molecule has 5 rings (SSSR count). The normalized spacial score (nSPS) is 16.6. The quantitative estimate of drug-likeness (QED) is 0.598. The molecular weight excluding hydrogens is 352 g/mol. The molecule has 0 spiro atoms. The summed E-state index contributed by atoms with van der Waals surface area (Å²) in [6.45, 7) is 0.678. The first kappa shape index (κ1) is 16.4. The second kappa shape index (κ2) is 6.77. The van der Waals surface area contributed by atoms with Crippen molar-refractivity contribution >= 4 is 23.2 Å². The highest BCUT2D eigenvalue weighted by Gasteiger charge is 2.33. The van der Waals surface area contributed by atoms with Gasteiger partial charge < -0.3 is 10.2 Å². The zero-order valence-corrected chi connectivity index (χ0v) is 15.1. The van der Waals surface area contributed by atoms with Crippen LogP contribution < -0.4 is 10.2 Å². The number of benzene rings is 2. The molecule has 7 nitrogen and oxygen atoms in total. The molecular formula is C21H18N6O. The molecule has 0 saturated carbocycles. The van der Waals surface area contributed by atoms with Crippen LogP contribution in [0.5, 0.6) is 0 Å². The van der Waals surface area contributed by atoms with Crippen molar-refractivity contribution < 1.29 is 4.79 Å². The molecule has 1 fully saturated rings. The predicted molar refractivity (Wildman–Crippen MR) is 107 cm³/mol. The third-order valence-electron chi connectivity index (χ3n) is 4.92. The number of anilines is 2. The van der Waals surface area contributed by atoms with E-state index in [0.29, 0.717) is 24.6 Å². The number of rotatable bonds is 4. The van der Waals surface area contributed by atoms with Gasteiger partial charge in [0.05, 0.1) is 5.69 Å². The van der Waals surface area contributed by atoms with E-state index < -0.39 is 0 Å².